The molecule has 70 valence electrons. The molecule has 0 atom stereocenters. The molecular weight excluding hydrogens is 160 g/mol. The number of nitrogens with zero attached hydrogens (tertiary/aromatic N) is 2. The number of hydrogen-bond donors (Lipinski definition) is 0. The van der Waals surface area contributed by atoms with E-state index in [-0.39, 0.29) is 0 Å². The summed E-state index contributed by atoms with van der Waals surface area (Å²) < 4.78 is 0.612. The Hall–Kier alpha value is -1.15. The molecule has 0 amide bonds. The van der Waals surface area contributed by atoms with E-state index in [0.717, 1.165) is 5.71 Å². The second-order valence-corrected chi connectivity index (χ2v) is 3.99. The van der Waals surface area contributed by atoms with Gasteiger partial charge in [-0.2, -0.15) is 0 Å². The van der Waals surface area contributed by atoms with Gasteiger partial charge in [-0.05, 0) is 6.92 Å². The van der Waals surface area contributed by atoms with Crippen molar-refractivity contribution in [2.24, 2.45) is 5.10 Å². The highest BCUT2D eigenvalue weighted by Gasteiger charge is 2.06. The van der Waals surface area contributed by atoms with Gasteiger partial charge in [-0.3, -0.25) is 0 Å². The first kappa shape index (κ1) is 9.93. The predicted molar refractivity (Wildman–Crippen MR) is 56.7 cm³/mol. The monoisotopic (exact) mass is 177 g/mol. The van der Waals surface area contributed by atoms with Gasteiger partial charge in [-0.1, -0.05) is 35.4 Å². The molecular formula is C11H17N2+. The van der Waals surface area contributed by atoms with Gasteiger partial charge in [0.2, 0.25) is 0 Å². The zero-order valence-electron chi connectivity index (χ0n) is 8.78. The highest BCUT2D eigenvalue weighted by atomic mass is 15.6. The number of rotatable bonds is 2. The lowest BCUT2D eigenvalue weighted by atomic mass is 10.1. The Balaban J connectivity index is 2.92. The molecule has 0 saturated carbocycles. The van der Waals surface area contributed by atoms with E-state index in [4.69, 9.17) is 0 Å². The summed E-state index contributed by atoms with van der Waals surface area (Å²) in [7, 11) is 6.14. The fourth-order valence-electron chi connectivity index (χ4n) is 1.19. The summed E-state index contributed by atoms with van der Waals surface area (Å²) in [5.74, 6) is 0. The van der Waals surface area contributed by atoms with Gasteiger partial charge < -0.3 is 0 Å². The molecule has 0 unspecified atom stereocenters. The third-order valence-corrected chi connectivity index (χ3v) is 1.64. The Labute approximate surface area is 80.1 Å². The second-order valence-electron chi connectivity index (χ2n) is 3.99. The molecule has 0 saturated heterocycles. The van der Waals surface area contributed by atoms with Crippen LogP contribution in [0.2, 0.25) is 0 Å². The molecule has 0 radical (unpaired) electrons. The van der Waals surface area contributed by atoms with Crippen LogP contribution in [0.1, 0.15) is 12.5 Å². The highest BCUT2D eigenvalue weighted by molar-refractivity contribution is 5.98. The molecule has 1 rings (SSSR count). The third-order valence-electron chi connectivity index (χ3n) is 1.64. The Morgan fingerprint density at radius 3 is 2.08 bits per heavy atom. The van der Waals surface area contributed by atoms with Gasteiger partial charge in [0.15, 0.2) is 0 Å². The highest BCUT2D eigenvalue weighted by Crippen LogP contribution is 2.03. The van der Waals surface area contributed by atoms with E-state index in [1.807, 2.05) is 46.3 Å². The molecule has 0 aliphatic heterocycles. The summed E-state index contributed by atoms with van der Waals surface area (Å²) in [6, 6.07) is 10.2. The van der Waals surface area contributed by atoms with E-state index in [0.29, 0.717) is 4.59 Å². The first-order valence-corrected chi connectivity index (χ1v) is 4.43. The fraction of sp³-hybridized carbons (Fsp3) is 0.364. The number of quaternary nitrogens is 1. The molecule has 2 heteroatoms. The summed E-state index contributed by atoms with van der Waals surface area (Å²) in [6.07, 6.45) is 0. The summed E-state index contributed by atoms with van der Waals surface area (Å²) in [5.41, 5.74) is 2.27. The van der Waals surface area contributed by atoms with Crippen molar-refractivity contribution in [2.45, 2.75) is 6.92 Å². The minimum absolute atomic E-state index is 0.612. The Morgan fingerprint density at radius 2 is 1.62 bits per heavy atom. The molecule has 2 nitrogen and oxygen atoms in total. The van der Waals surface area contributed by atoms with Crippen LogP contribution in [0.15, 0.2) is 35.4 Å². The molecule has 1 aromatic carbocycles. The van der Waals surface area contributed by atoms with Crippen LogP contribution in [0.5, 0.6) is 0 Å². The lowest BCUT2D eigenvalue weighted by Gasteiger charge is -2.16. The van der Waals surface area contributed by atoms with Crippen molar-refractivity contribution in [3.8, 4) is 0 Å². The zero-order valence-corrected chi connectivity index (χ0v) is 8.78. The van der Waals surface area contributed by atoms with Gasteiger partial charge in [-0.25, -0.2) is 4.59 Å². The van der Waals surface area contributed by atoms with Crippen molar-refractivity contribution >= 4 is 5.71 Å². The lowest BCUT2D eigenvalue weighted by Crippen LogP contribution is -2.28. The Kier molecular flexibility index (Phi) is 2.83. The van der Waals surface area contributed by atoms with Crippen LogP contribution in [0, 0.1) is 0 Å². The van der Waals surface area contributed by atoms with Crippen molar-refractivity contribution in [2.75, 3.05) is 21.1 Å². The van der Waals surface area contributed by atoms with Gasteiger partial charge in [0.25, 0.3) is 0 Å². The van der Waals surface area contributed by atoms with Crippen LogP contribution in [0.3, 0.4) is 0 Å². The minimum Gasteiger partial charge on any atom is -0.205 e. The summed E-state index contributed by atoms with van der Waals surface area (Å²) in [6.45, 7) is 2.04. The van der Waals surface area contributed by atoms with E-state index in [1.54, 1.807) is 0 Å². The number of hydrogen-bond acceptors (Lipinski definition) is 1. The topological polar surface area (TPSA) is 12.4 Å². The summed E-state index contributed by atoms with van der Waals surface area (Å²) in [5, 5.41) is 4.53. The summed E-state index contributed by atoms with van der Waals surface area (Å²) in [4.78, 5) is 0. The second kappa shape index (κ2) is 3.71. The molecule has 0 bridgehead atoms. The third kappa shape index (κ3) is 3.38. The van der Waals surface area contributed by atoms with Gasteiger partial charge in [0.1, 0.15) is 0 Å². The first-order chi connectivity index (χ1) is 5.99. The molecule has 0 aliphatic rings. The van der Waals surface area contributed by atoms with Crippen LogP contribution >= 0.6 is 0 Å². The molecule has 0 aromatic heterocycles. The smallest absolute Gasteiger partial charge is 0.0999 e. The maximum atomic E-state index is 4.53. The predicted octanol–water partition coefficient (Wildman–Crippen LogP) is 2.12. The minimum atomic E-state index is 0.612. The Bertz CT molecular complexity index is 294. The Morgan fingerprint density at radius 1 is 1.08 bits per heavy atom. The van der Waals surface area contributed by atoms with Crippen LogP contribution in [-0.4, -0.2) is 31.4 Å². The average molecular weight is 177 g/mol. The van der Waals surface area contributed by atoms with E-state index in [2.05, 4.69) is 17.2 Å². The maximum absolute atomic E-state index is 4.53. The average Bonchev–Trinajstić information content (AvgIpc) is 2.03. The van der Waals surface area contributed by atoms with Gasteiger partial charge in [0.05, 0.1) is 26.9 Å². The van der Waals surface area contributed by atoms with Crippen LogP contribution < -0.4 is 0 Å². The molecule has 13 heavy (non-hydrogen) atoms. The molecule has 0 aliphatic carbocycles. The normalized spacial score (nSPS) is 13.1. The standard InChI is InChI=1S/C11H17N2/c1-10(12-13(2,3)4)11-8-6-5-7-9-11/h5-9H,1-4H3/q+1. The quantitative estimate of drug-likeness (QED) is 0.373. The van der Waals surface area contributed by atoms with Crippen molar-refractivity contribution in [3.63, 3.8) is 0 Å². The molecule has 0 fully saturated rings. The van der Waals surface area contributed by atoms with Crippen LogP contribution in [-0.2, 0) is 0 Å². The van der Waals surface area contributed by atoms with E-state index in [1.165, 1.54) is 5.56 Å². The SMILES string of the molecule is CC(=N[N+](C)(C)C)c1ccccc1. The van der Waals surface area contributed by atoms with Crippen molar-refractivity contribution in [1.82, 2.24) is 0 Å². The van der Waals surface area contributed by atoms with Crippen LogP contribution in [0.25, 0.3) is 0 Å². The van der Waals surface area contributed by atoms with Crippen molar-refractivity contribution < 1.29 is 4.59 Å². The summed E-state index contributed by atoms with van der Waals surface area (Å²) >= 11 is 0. The van der Waals surface area contributed by atoms with Crippen molar-refractivity contribution in [1.29, 1.82) is 0 Å². The zero-order chi connectivity index (χ0) is 9.90. The van der Waals surface area contributed by atoms with E-state index in [9.17, 15) is 0 Å². The first-order valence-electron chi connectivity index (χ1n) is 4.43. The maximum Gasteiger partial charge on any atom is 0.0999 e. The molecule has 1 aromatic rings. The van der Waals surface area contributed by atoms with Crippen molar-refractivity contribution in [3.05, 3.63) is 35.9 Å². The lowest BCUT2D eigenvalue weighted by molar-refractivity contribution is -0.877. The van der Waals surface area contributed by atoms with Gasteiger partial charge in [-0.15, -0.1) is 0 Å². The van der Waals surface area contributed by atoms with Crippen LogP contribution in [0.4, 0.5) is 0 Å². The largest absolute Gasteiger partial charge is 0.205 e. The molecule has 0 heterocycles. The fourth-order valence-corrected chi connectivity index (χ4v) is 1.19. The van der Waals surface area contributed by atoms with E-state index >= 15 is 0 Å². The van der Waals surface area contributed by atoms with Gasteiger partial charge >= 0.3 is 0 Å². The molecule has 0 spiro atoms. The van der Waals surface area contributed by atoms with E-state index < -0.39 is 0 Å². The van der Waals surface area contributed by atoms with Gasteiger partial charge in [0, 0.05) is 5.56 Å². The molecule has 0 N–H and O–H groups in total. The number of benzene rings is 1.